The summed E-state index contributed by atoms with van der Waals surface area (Å²) >= 11 is 0. The van der Waals surface area contributed by atoms with Crippen molar-refractivity contribution in [2.75, 3.05) is 0 Å². The van der Waals surface area contributed by atoms with Gasteiger partial charge in [-0.3, -0.25) is 0 Å². The molecule has 2 aliphatic heterocycles. The van der Waals surface area contributed by atoms with Gasteiger partial charge in [0.1, 0.15) is 23.0 Å². The van der Waals surface area contributed by atoms with Crippen molar-refractivity contribution in [3.05, 3.63) is 212 Å². The Morgan fingerprint density at radius 2 is 0.620 bits per heavy atom. The lowest BCUT2D eigenvalue weighted by Gasteiger charge is -2.38. The molecule has 7 nitrogen and oxygen atoms in total. The summed E-state index contributed by atoms with van der Waals surface area (Å²) in [6.07, 6.45) is 6.67. The third-order valence-electron chi connectivity index (χ3n) is 16.6. The fourth-order valence-corrected chi connectivity index (χ4v) is 17.3. The van der Waals surface area contributed by atoms with Gasteiger partial charge in [0.25, 0.3) is 0 Å². The molecule has 0 saturated carbocycles. The van der Waals surface area contributed by atoms with Gasteiger partial charge in [0.15, 0.2) is 0 Å². The molecule has 2 spiro atoms. The first-order valence-corrected chi connectivity index (χ1v) is 28.2. The smallest absolute Gasteiger partial charge is 0.403 e. The summed E-state index contributed by atoms with van der Waals surface area (Å²) in [5.41, 5.74) is 19.0. The van der Waals surface area contributed by atoms with Crippen LogP contribution >= 0.6 is 15.5 Å². The van der Waals surface area contributed by atoms with Crippen molar-refractivity contribution < 1.29 is 27.2 Å². The first kappa shape index (κ1) is 43.2. The number of benzene rings is 8. The van der Waals surface area contributed by atoms with Crippen LogP contribution in [-0.4, -0.2) is 0 Å². The van der Waals surface area contributed by atoms with E-state index in [-0.39, 0.29) is 0 Å². The fraction of sp³-hybridized carbons (Fsp3) is 0.226. The molecule has 0 unspecified atom stereocenters. The minimum Gasteiger partial charge on any atom is -0.403 e. The van der Waals surface area contributed by atoms with Crippen LogP contribution in [0, 0.1) is 27.7 Å². The quantitative estimate of drug-likeness (QED) is 0.166. The van der Waals surface area contributed by atoms with E-state index in [0.717, 1.165) is 163 Å². The molecular weight excluding hydrogens is 917 g/mol. The summed E-state index contributed by atoms with van der Waals surface area (Å²) < 4.78 is 63.0. The van der Waals surface area contributed by atoms with Crippen LogP contribution < -0.4 is 23.0 Å². The van der Waals surface area contributed by atoms with E-state index in [1.807, 2.05) is 24.3 Å². The molecule has 0 atom stereocenters. The summed E-state index contributed by atoms with van der Waals surface area (Å²) in [5.74, 6) is 1.89. The summed E-state index contributed by atoms with van der Waals surface area (Å²) in [4.78, 5) is 3.11. The van der Waals surface area contributed by atoms with Gasteiger partial charge in [-0.2, -0.15) is 0 Å². The molecule has 1 N–H and O–H groups in total. The Morgan fingerprint density at radius 1 is 0.366 bits per heavy atom. The zero-order valence-corrected chi connectivity index (χ0v) is 42.1. The van der Waals surface area contributed by atoms with E-state index in [4.69, 9.17) is 18.1 Å². The Labute approximate surface area is 415 Å². The van der Waals surface area contributed by atoms with Crippen molar-refractivity contribution in [1.29, 1.82) is 0 Å². The molecule has 0 amide bonds. The Kier molecular flexibility index (Phi) is 9.39. The third-order valence-corrected chi connectivity index (χ3v) is 20.2. The van der Waals surface area contributed by atoms with Crippen molar-refractivity contribution in [2.45, 2.75) is 89.9 Å². The average Bonchev–Trinajstić information content (AvgIpc) is 4.13. The SMILES string of the molecule is Cc1cccc(-c2ccc3c4c2OP(=O)(NP2(=O)Oc5c(-c6cccc(C)c6)ccc6c5C5(CC6)CCc6ccc(-c7cccc(C)c7)c(c65)O2)Oc2c(-c5cccc(C)c5)ccc5c2C4(CC3)CC5)c1. The number of nitrogens with one attached hydrogen (secondary N) is 1. The first-order chi connectivity index (χ1) is 34.4. The van der Waals surface area contributed by atoms with Gasteiger partial charge in [-0.25, -0.2) is 9.13 Å². The molecule has 6 aliphatic rings. The summed E-state index contributed by atoms with van der Waals surface area (Å²) in [6, 6.07) is 50.5. The van der Waals surface area contributed by atoms with Crippen molar-refractivity contribution in [1.82, 2.24) is 4.86 Å². The standard InChI is InChI=1S/C62H53NO6P2/c1-37-9-5-13-45(33-37)49-21-17-41-25-29-61-30-26-42-18-22-50(46-14-6-10-38(2)34-46)58(54(42)61)67-70(64,66-57(49)53(41)61)63-71(65)68-59-51(47-15-7-11-39(3)35-47)23-19-43-27-31-62(55(43)59)32-28-44-20-24-52(60(69-71)56(44)62)48-16-8-12-40(4)36-48/h5-24,33-36H,25-32H2,1-4H3,(H,63,64,65). The number of rotatable bonds is 6. The van der Waals surface area contributed by atoms with Gasteiger partial charge in [0.2, 0.25) is 0 Å². The molecule has 71 heavy (non-hydrogen) atoms. The highest BCUT2D eigenvalue weighted by Gasteiger charge is 2.57. The molecule has 8 aromatic carbocycles. The maximum absolute atomic E-state index is 17.0. The van der Waals surface area contributed by atoms with Crippen LogP contribution in [-0.2, 0) is 45.6 Å². The summed E-state index contributed by atoms with van der Waals surface area (Å²) in [7, 11) is -9.75. The van der Waals surface area contributed by atoms with Crippen LogP contribution in [0.2, 0.25) is 0 Å². The number of hydrogen-bond donors (Lipinski definition) is 1. The highest BCUT2D eigenvalue weighted by molar-refractivity contribution is 7.68. The van der Waals surface area contributed by atoms with Gasteiger partial charge in [-0.05, 0) is 124 Å². The van der Waals surface area contributed by atoms with E-state index < -0.39 is 26.3 Å². The van der Waals surface area contributed by atoms with E-state index in [1.165, 1.54) is 0 Å². The normalized spacial score (nSPS) is 19.5. The minimum atomic E-state index is -4.88. The lowest BCUT2D eigenvalue weighted by molar-refractivity contribution is 0.336. The number of aryl methyl sites for hydroxylation is 8. The Bertz CT molecular complexity index is 3270. The van der Waals surface area contributed by atoms with Crippen LogP contribution in [0.1, 0.15) is 92.4 Å². The van der Waals surface area contributed by atoms with Crippen molar-refractivity contribution >= 4 is 15.5 Å². The molecular formula is C62H53NO6P2. The van der Waals surface area contributed by atoms with Gasteiger partial charge in [-0.1, -0.05) is 173 Å². The second-order valence-electron chi connectivity index (χ2n) is 21.0. The average molecular weight is 970 g/mol. The maximum atomic E-state index is 17.0. The molecule has 352 valence electrons. The van der Waals surface area contributed by atoms with E-state index >= 15 is 9.13 Å². The van der Waals surface area contributed by atoms with E-state index in [0.29, 0.717) is 23.0 Å². The zero-order valence-electron chi connectivity index (χ0n) is 40.4. The second kappa shape index (κ2) is 15.4. The van der Waals surface area contributed by atoms with Crippen molar-refractivity contribution in [3.8, 4) is 67.5 Å². The van der Waals surface area contributed by atoms with Crippen LogP contribution in [0.25, 0.3) is 44.5 Å². The van der Waals surface area contributed by atoms with Gasteiger partial charge in [-0.15, -0.1) is 0 Å². The van der Waals surface area contributed by atoms with Gasteiger partial charge in [0.05, 0.1) is 0 Å². The molecule has 0 saturated heterocycles. The van der Waals surface area contributed by atoms with Crippen LogP contribution in [0.15, 0.2) is 146 Å². The van der Waals surface area contributed by atoms with Crippen LogP contribution in [0.4, 0.5) is 0 Å². The second-order valence-corrected chi connectivity index (χ2v) is 24.5. The summed E-state index contributed by atoms with van der Waals surface area (Å²) in [5, 5.41) is 0. The monoisotopic (exact) mass is 969 g/mol. The fourth-order valence-electron chi connectivity index (χ4n) is 13.6. The molecule has 0 aromatic heterocycles. The topological polar surface area (TPSA) is 83.1 Å². The predicted molar refractivity (Wildman–Crippen MR) is 282 cm³/mol. The lowest BCUT2D eigenvalue weighted by Crippen LogP contribution is -2.30. The van der Waals surface area contributed by atoms with E-state index in [9.17, 15) is 0 Å². The van der Waals surface area contributed by atoms with Crippen molar-refractivity contribution in [3.63, 3.8) is 0 Å². The molecule has 2 heterocycles. The molecule has 0 bridgehead atoms. The molecule has 14 rings (SSSR count). The Hall–Kier alpha value is -6.62. The molecule has 8 aromatic rings. The van der Waals surface area contributed by atoms with Crippen molar-refractivity contribution in [2.24, 2.45) is 0 Å². The minimum absolute atomic E-state index is 0.471. The summed E-state index contributed by atoms with van der Waals surface area (Å²) in [6.45, 7) is 8.29. The molecule has 0 fully saturated rings. The predicted octanol–water partition coefficient (Wildman–Crippen LogP) is 16.0. The highest BCUT2D eigenvalue weighted by Crippen LogP contribution is 2.71. The molecule has 9 heteroatoms. The zero-order chi connectivity index (χ0) is 48.0. The molecule has 0 radical (unpaired) electrons. The van der Waals surface area contributed by atoms with Gasteiger partial charge >= 0.3 is 15.5 Å². The van der Waals surface area contributed by atoms with E-state index in [2.05, 4.69) is 154 Å². The number of hydrogen-bond acceptors (Lipinski definition) is 6. The lowest BCUT2D eigenvalue weighted by atomic mass is 9.74. The largest absolute Gasteiger partial charge is 0.524 e. The maximum Gasteiger partial charge on any atom is 0.524 e. The van der Waals surface area contributed by atoms with E-state index in [1.54, 1.807) is 0 Å². The first-order valence-electron chi connectivity index (χ1n) is 25.1. The van der Waals surface area contributed by atoms with Gasteiger partial charge < -0.3 is 18.1 Å². The third kappa shape index (κ3) is 6.52. The van der Waals surface area contributed by atoms with Crippen LogP contribution in [0.3, 0.4) is 0 Å². The highest BCUT2D eigenvalue weighted by atomic mass is 31.3. The molecule has 4 aliphatic carbocycles. The Balaban J connectivity index is 1.04. The Morgan fingerprint density at radius 3 is 0.859 bits per heavy atom. The van der Waals surface area contributed by atoms with Gasteiger partial charge in [0, 0.05) is 55.3 Å². The van der Waals surface area contributed by atoms with Crippen LogP contribution in [0.5, 0.6) is 23.0 Å².